The van der Waals surface area contributed by atoms with Crippen LogP contribution in [0.2, 0.25) is 0 Å². The highest BCUT2D eigenvalue weighted by molar-refractivity contribution is 5.71. The SMILES string of the molecule is CNC1=CN(C(=O)OC(C)(C)C)C1. The zero-order valence-electron chi connectivity index (χ0n) is 8.55. The average Bonchev–Trinajstić information content (AvgIpc) is 1.79. The summed E-state index contributed by atoms with van der Waals surface area (Å²) in [5.74, 6) is 0. The van der Waals surface area contributed by atoms with E-state index in [-0.39, 0.29) is 6.09 Å². The Bertz CT molecular complexity index is 240. The van der Waals surface area contributed by atoms with Crippen molar-refractivity contribution in [3.8, 4) is 0 Å². The summed E-state index contributed by atoms with van der Waals surface area (Å²) in [6.07, 6.45) is 1.46. The van der Waals surface area contributed by atoms with Crippen LogP contribution in [0.5, 0.6) is 0 Å². The second-order valence-electron chi connectivity index (χ2n) is 4.01. The third kappa shape index (κ3) is 2.65. The van der Waals surface area contributed by atoms with Gasteiger partial charge in [0.2, 0.25) is 0 Å². The van der Waals surface area contributed by atoms with E-state index in [2.05, 4.69) is 5.32 Å². The third-order valence-electron chi connectivity index (χ3n) is 1.60. The molecule has 1 aliphatic rings. The quantitative estimate of drug-likeness (QED) is 0.667. The van der Waals surface area contributed by atoms with Gasteiger partial charge in [0.1, 0.15) is 5.60 Å². The van der Waals surface area contributed by atoms with Gasteiger partial charge in [0.25, 0.3) is 0 Å². The lowest BCUT2D eigenvalue weighted by atomic mass is 10.2. The van der Waals surface area contributed by atoms with Crippen LogP contribution in [-0.2, 0) is 4.74 Å². The standard InChI is InChI=1S/C9H16N2O2/c1-9(2,3)13-8(12)11-5-7(6-11)10-4/h5,10H,6H2,1-4H3. The van der Waals surface area contributed by atoms with Gasteiger partial charge in [-0.2, -0.15) is 0 Å². The van der Waals surface area contributed by atoms with E-state index in [1.807, 2.05) is 27.8 Å². The van der Waals surface area contributed by atoms with Crippen molar-refractivity contribution in [2.24, 2.45) is 0 Å². The van der Waals surface area contributed by atoms with Crippen molar-refractivity contribution in [2.45, 2.75) is 26.4 Å². The number of likely N-dealkylation sites (N-methyl/N-ethyl adjacent to an activating group) is 1. The fourth-order valence-electron chi connectivity index (χ4n) is 0.927. The lowest BCUT2D eigenvalue weighted by molar-refractivity contribution is 0.0313. The fraction of sp³-hybridized carbons (Fsp3) is 0.667. The molecular weight excluding hydrogens is 168 g/mol. The van der Waals surface area contributed by atoms with Crippen LogP contribution in [0.15, 0.2) is 11.9 Å². The number of carbonyl (C=O) groups is 1. The summed E-state index contributed by atoms with van der Waals surface area (Å²) in [6.45, 7) is 6.18. The van der Waals surface area contributed by atoms with Crippen LogP contribution in [-0.4, -0.2) is 30.2 Å². The van der Waals surface area contributed by atoms with Crippen LogP contribution >= 0.6 is 0 Å². The number of amides is 1. The monoisotopic (exact) mass is 184 g/mol. The van der Waals surface area contributed by atoms with E-state index in [4.69, 9.17) is 4.74 Å². The highest BCUT2D eigenvalue weighted by atomic mass is 16.6. The highest BCUT2D eigenvalue weighted by Gasteiger charge is 2.26. The Kier molecular flexibility index (Phi) is 2.50. The van der Waals surface area contributed by atoms with Crippen LogP contribution in [0.25, 0.3) is 0 Å². The first-order valence-electron chi connectivity index (χ1n) is 4.30. The van der Waals surface area contributed by atoms with E-state index >= 15 is 0 Å². The number of hydrogen-bond donors (Lipinski definition) is 1. The summed E-state index contributed by atoms with van der Waals surface area (Å²) in [5, 5.41) is 2.96. The lowest BCUT2D eigenvalue weighted by Crippen LogP contribution is -2.42. The number of ether oxygens (including phenoxy) is 1. The summed E-state index contributed by atoms with van der Waals surface area (Å²) >= 11 is 0. The van der Waals surface area contributed by atoms with E-state index in [9.17, 15) is 4.79 Å². The molecule has 74 valence electrons. The topological polar surface area (TPSA) is 41.6 Å². The Morgan fingerprint density at radius 2 is 2.15 bits per heavy atom. The molecule has 0 saturated carbocycles. The van der Waals surface area contributed by atoms with Crippen molar-refractivity contribution in [3.63, 3.8) is 0 Å². The minimum absolute atomic E-state index is 0.286. The van der Waals surface area contributed by atoms with Crippen molar-refractivity contribution in [2.75, 3.05) is 13.6 Å². The molecule has 1 rings (SSSR count). The first kappa shape index (κ1) is 9.89. The number of nitrogens with zero attached hydrogens (tertiary/aromatic N) is 1. The molecule has 0 fully saturated rings. The Morgan fingerprint density at radius 3 is 2.54 bits per heavy atom. The predicted octanol–water partition coefficient (Wildman–Crippen LogP) is 1.30. The summed E-state index contributed by atoms with van der Waals surface area (Å²) in [7, 11) is 1.83. The molecular formula is C9H16N2O2. The van der Waals surface area contributed by atoms with Gasteiger partial charge in [-0.3, -0.25) is 4.90 Å². The molecule has 0 aromatic rings. The molecule has 1 heterocycles. The molecule has 0 bridgehead atoms. The third-order valence-corrected chi connectivity index (χ3v) is 1.60. The van der Waals surface area contributed by atoms with Gasteiger partial charge in [-0.1, -0.05) is 0 Å². The zero-order chi connectivity index (χ0) is 10.1. The predicted molar refractivity (Wildman–Crippen MR) is 50.1 cm³/mol. The van der Waals surface area contributed by atoms with Gasteiger partial charge in [0.05, 0.1) is 6.54 Å². The van der Waals surface area contributed by atoms with Gasteiger partial charge in [-0.25, -0.2) is 4.79 Å². The van der Waals surface area contributed by atoms with Gasteiger partial charge in [0.15, 0.2) is 0 Å². The summed E-state index contributed by atoms with van der Waals surface area (Å²) in [5.41, 5.74) is 0.631. The van der Waals surface area contributed by atoms with Crippen LogP contribution < -0.4 is 5.32 Å². The van der Waals surface area contributed by atoms with E-state index in [0.717, 1.165) is 5.70 Å². The van der Waals surface area contributed by atoms with Gasteiger partial charge >= 0.3 is 6.09 Å². The number of carbonyl (C=O) groups excluding carboxylic acids is 1. The lowest BCUT2D eigenvalue weighted by Gasteiger charge is -2.31. The highest BCUT2D eigenvalue weighted by Crippen LogP contribution is 2.15. The van der Waals surface area contributed by atoms with Crippen molar-refractivity contribution < 1.29 is 9.53 Å². The van der Waals surface area contributed by atoms with Crippen LogP contribution in [0.1, 0.15) is 20.8 Å². The van der Waals surface area contributed by atoms with Crippen molar-refractivity contribution >= 4 is 6.09 Å². The maximum absolute atomic E-state index is 11.3. The first-order chi connectivity index (χ1) is 5.92. The minimum atomic E-state index is -0.416. The van der Waals surface area contributed by atoms with Crippen LogP contribution in [0, 0.1) is 0 Å². The zero-order valence-corrected chi connectivity index (χ0v) is 8.55. The molecule has 1 N–H and O–H groups in total. The van der Waals surface area contributed by atoms with E-state index < -0.39 is 5.60 Å². The normalized spacial score (nSPS) is 16.0. The van der Waals surface area contributed by atoms with E-state index in [0.29, 0.717) is 6.54 Å². The van der Waals surface area contributed by atoms with Crippen LogP contribution in [0.4, 0.5) is 4.79 Å². The van der Waals surface area contributed by atoms with E-state index in [1.54, 1.807) is 6.20 Å². The smallest absolute Gasteiger partial charge is 0.414 e. The average molecular weight is 184 g/mol. The van der Waals surface area contributed by atoms with Gasteiger partial charge in [0, 0.05) is 18.9 Å². The van der Waals surface area contributed by atoms with Crippen molar-refractivity contribution in [1.29, 1.82) is 0 Å². The molecule has 0 spiro atoms. The Hall–Kier alpha value is -1.19. The number of rotatable bonds is 1. The van der Waals surface area contributed by atoms with Gasteiger partial charge < -0.3 is 10.1 Å². The molecule has 0 aromatic heterocycles. The van der Waals surface area contributed by atoms with Crippen molar-refractivity contribution in [3.05, 3.63) is 11.9 Å². The van der Waals surface area contributed by atoms with Gasteiger partial charge in [-0.15, -0.1) is 0 Å². The molecule has 0 unspecified atom stereocenters. The van der Waals surface area contributed by atoms with Crippen molar-refractivity contribution in [1.82, 2.24) is 10.2 Å². The molecule has 4 nitrogen and oxygen atoms in total. The molecule has 1 amide bonds. The summed E-state index contributed by atoms with van der Waals surface area (Å²) in [4.78, 5) is 12.9. The number of hydrogen-bond acceptors (Lipinski definition) is 3. The Labute approximate surface area is 78.5 Å². The maximum Gasteiger partial charge on any atom is 0.414 e. The molecule has 1 aliphatic heterocycles. The first-order valence-corrected chi connectivity index (χ1v) is 4.30. The molecule has 0 aromatic carbocycles. The molecule has 4 heteroatoms. The number of nitrogens with one attached hydrogen (secondary N) is 1. The molecule has 0 atom stereocenters. The second kappa shape index (κ2) is 3.28. The maximum atomic E-state index is 11.3. The fourth-order valence-corrected chi connectivity index (χ4v) is 0.927. The Morgan fingerprint density at radius 1 is 1.62 bits per heavy atom. The van der Waals surface area contributed by atoms with Crippen LogP contribution in [0.3, 0.4) is 0 Å². The molecule has 0 aliphatic carbocycles. The largest absolute Gasteiger partial charge is 0.443 e. The molecule has 0 saturated heterocycles. The summed E-state index contributed by atoms with van der Waals surface area (Å²) in [6, 6.07) is 0. The van der Waals surface area contributed by atoms with E-state index in [1.165, 1.54) is 4.90 Å². The molecule has 13 heavy (non-hydrogen) atoms. The molecule has 0 radical (unpaired) electrons. The summed E-state index contributed by atoms with van der Waals surface area (Å²) < 4.78 is 5.15. The van der Waals surface area contributed by atoms with Gasteiger partial charge in [-0.05, 0) is 20.8 Å². The second-order valence-corrected chi connectivity index (χ2v) is 4.01. The minimum Gasteiger partial charge on any atom is -0.443 e. The Balaban J connectivity index is 2.40.